The van der Waals surface area contributed by atoms with E-state index in [4.69, 9.17) is 0 Å². The molecule has 2 N–H and O–H groups in total. The van der Waals surface area contributed by atoms with Crippen molar-refractivity contribution >= 4 is 11.8 Å². The topological polar surface area (TPSA) is 78.1 Å². The van der Waals surface area contributed by atoms with Crippen molar-refractivity contribution in [1.29, 1.82) is 0 Å². The van der Waals surface area contributed by atoms with Crippen LogP contribution in [0.2, 0.25) is 0 Å². The Morgan fingerprint density at radius 2 is 2.44 bits per heavy atom. The zero-order chi connectivity index (χ0) is 11.5. The Bertz CT molecular complexity index is 388. The molecule has 86 valence electrons. The first-order chi connectivity index (χ1) is 7.68. The van der Waals surface area contributed by atoms with Crippen molar-refractivity contribution in [3.8, 4) is 0 Å². The maximum absolute atomic E-state index is 11.7. The van der Waals surface area contributed by atoms with Crippen LogP contribution in [-0.4, -0.2) is 39.8 Å². The van der Waals surface area contributed by atoms with E-state index >= 15 is 0 Å². The van der Waals surface area contributed by atoms with E-state index < -0.39 is 0 Å². The summed E-state index contributed by atoms with van der Waals surface area (Å²) in [5.41, 5.74) is 0.923. The molecule has 6 heteroatoms. The summed E-state index contributed by atoms with van der Waals surface area (Å²) in [7, 11) is 1.52. The smallest absolute Gasteiger partial charge is 0.246 e. The number of carbonyl (C=O) groups is 2. The average molecular weight is 222 g/mol. The van der Waals surface area contributed by atoms with Gasteiger partial charge in [-0.05, 0) is 6.42 Å². The van der Waals surface area contributed by atoms with Gasteiger partial charge in [0.1, 0.15) is 0 Å². The quantitative estimate of drug-likeness (QED) is 0.685. The highest BCUT2D eigenvalue weighted by Gasteiger charge is 2.31. The fraction of sp³-hybridized carbons (Fsp3) is 0.500. The number of nitrogens with one attached hydrogen (secondary N) is 2. The number of likely N-dealkylation sites (tertiary alicyclic amines) is 1. The molecule has 1 saturated heterocycles. The van der Waals surface area contributed by atoms with Crippen LogP contribution in [0, 0.1) is 0 Å². The average Bonchev–Trinajstić information content (AvgIpc) is 2.78. The number of nitrogens with zero attached hydrogens (tertiary/aromatic N) is 2. The van der Waals surface area contributed by atoms with Gasteiger partial charge in [0.05, 0.1) is 12.4 Å². The van der Waals surface area contributed by atoms with Gasteiger partial charge in [0.2, 0.25) is 11.8 Å². The lowest BCUT2D eigenvalue weighted by atomic mass is 10.0. The molecule has 2 heterocycles. The molecule has 1 fully saturated rings. The van der Waals surface area contributed by atoms with Crippen LogP contribution in [0.1, 0.15) is 18.5 Å². The number of likely N-dealkylation sites (N-methyl/N-ethyl adjacent to an activating group) is 1. The lowest BCUT2D eigenvalue weighted by Crippen LogP contribution is -2.51. The number of piperidine rings is 1. The van der Waals surface area contributed by atoms with Crippen LogP contribution in [0.15, 0.2) is 12.5 Å². The van der Waals surface area contributed by atoms with E-state index in [0.29, 0.717) is 19.4 Å². The van der Waals surface area contributed by atoms with Crippen molar-refractivity contribution in [2.75, 3.05) is 7.05 Å². The Morgan fingerprint density at radius 1 is 1.62 bits per heavy atom. The fourth-order valence-corrected chi connectivity index (χ4v) is 1.72. The zero-order valence-electron chi connectivity index (χ0n) is 9.06. The van der Waals surface area contributed by atoms with Crippen molar-refractivity contribution in [3.63, 3.8) is 0 Å². The molecule has 1 atom stereocenters. The Labute approximate surface area is 93.0 Å². The van der Waals surface area contributed by atoms with Gasteiger partial charge in [0, 0.05) is 31.9 Å². The highest BCUT2D eigenvalue weighted by atomic mass is 16.2. The number of aromatic nitrogens is 2. The highest BCUT2D eigenvalue weighted by Crippen LogP contribution is 2.11. The van der Waals surface area contributed by atoms with Gasteiger partial charge >= 0.3 is 0 Å². The first-order valence-electron chi connectivity index (χ1n) is 5.19. The van der Waals surface area contributed by atoms with E-state index in [2.05, 4.69) is 15.3 Å². The number of imide groups is 1. The maximum atomic E-state index is 11.7. The molecule has 1 aromatic heterocycles. The summed E-state index contributed by atoms with van der Waals surface area (Å²) >= 11 is 0. The van der Waals surface area contributed by atoms with Crippen molar-refractivity contribution < 1.29 is 9.59 Å². The summed E-state index contributed by atoms with van der Waals surface area (Å²) in [6, 6.07) is -0.272. The molecule has 16 heavy (non-hydrogen) atoms. The second kappa shape index (κ2) is 4.44. The van der Waals surface area contributed by atoms with Crippen LogP contribution in [0.5, 0.6) is 0 Å². The molecule has 1 unspecified atom stereocenters. The van der Waals surface area contributed by atoms with Crippen molar-refractivity contribution in [2.24, 2.45) is 0 Å². The van der Waals surface area contributed by atoms with Gasteiger partial charge in [-0.1, -0.05) is 0 Å². The Balaban J connectivity index is 1.91. The van der Waals surface area contributed by atoms with E-state index in [-0.39, 0.29) is 17.9 Å². The molecule has 0 aliphatic carbocycles. The third kappa shape index (κ3) is 2.11. The van der Waals surface area contributed by atoms with Crippen molar-refractivity contribution in [3.05, 3.63) is 18.2 Å². The van der Waals surface area contributed by atoms with Crippen LogP contribution in [0.3, 0.4) is 0 Å². The molecule has 0 aromatic carbocycles. The van der Waals surface area contributed by atoms with Gasteiger partial charge in [-0.3, -0.25) is 14.5 Å². The second-order valence-corrected chi connectivity index (χ2v) is 3.84. The molecule has 0 saturated carbocycles. The van der Waals surface area contributed by atoms with E-state index in [0.717, 1.165) is 5.69 Å². The molecule has 2 amide bonds. The van der Waals surface area contributed by atoms with E-state index in [1.807, 2.05) is 0 Å². The molecule has 1 aliphatic heterocycles. The summed E-state index contributed by atoms with van der Waals surface area (Å²) < 4.78 is 0. The van der Waals surface area contributed by atoms with Gasteiger partial charge in [0.15, 0.2) is 0 Å². The molecule has 2 rings (SSSR count). The lowest BCUT2D eigenvalue weighted by molar-refractivity contribution is -0.148. The minimum atomic E-state index is -0.272. The summed E-state index contributed by atoms with van der Waals surface area (Å²) in [6.45, 7) is 0.554. The van der Waals surface area contributed by atoms with Crippen LogP contribution < -0.4 is 5.32 Å². The highest BCUT2D eigenvalue weighted by molar-refractivity contribution is 6.00. The Morgan fingerprint density at radius 3 is 3.12 bits per heavy atom. The predicted octanol–water partition coefficient (Wildman–Crippen LogP) is -0.353. The van der Waals surface area contributed by atoms with Gasteiger partial charge in [-0.2, -0.15) is 0 Å². The van der Waals surface area contributed by atoms with Crippen LogP contribution >= 0.6 is 0 Å². The van der Waals surface area contributed by atoms with Gasteiger partial charge in [-0.15, -0.1) is 0 Å². The number of hydrogen-bond acceptors (Lipinski definition) is 4. The zero-order valence-corrected chi connectivity index (χ0v) is 9.06. The van der Waals surface area contributed by atoms with Gasteiger partial charge in [0.25, 0.3) is 0 Å². The number of rotatable bonds is 3. The van der Waals surface area contributed by atoms with Crippen LogP contribution in [0.4, 0.5) is 0 Å². The van der Waals surface area contributed by atoms with Crippen LogP contribution in [-0.2, 0) is 16.1 Å². The Kier molecular flexibility index (Phi) is 3.00. The molecule has 0 radical (unpaired) electrons. The molecular weight excluding hydrogens is 208 g/mol. The van der Waals surface area contributed by atoms with E-state index in [9.17, 15) is 9.59 Å². The predicted molar refractivity (Wildman–Crippen MR) is 56.2 cm³/mol. The third-order valence-electron chi connectivity index (χ3n) is 2.74. The first kappa shape index (κ1) is 10.8. The van der Waals surface area contributed by atoms with E-state index in [1.165, 1.54) is 11.9 Å². The molecule has 1 aliphatic rings. The minimum Gasteiger partial charge on any atom is -0.347 e. The SMILES string of the molecule is CN1C(=O)CCC(NCc2cnc[nH]2)C1=O. The Hall–Kier alpha value is -1.69. The summed E-state index contributed by atoms with van der Waals surface area (Å²) in [4.78, 5) is 31.0. The van der Waals surface area contributed by atoms with Crippen molar-refractivity contribution in [1.82, 2.24) is 20.2 Å². The van der Waals surface area contributed by atoms with E-state index in [1.54, 1.807) is 12.5 Å². The summed E-state index contributed by atoms with van der Waals surface area (Å²) in [5.74, 6) is -0.264. The minimum absolute atomic E-state index is 0.107. The molecule has 1 aromatic rings. The summed E-state index contributed by atoms with van der Waals surface area (Å²) in [5, 5.41) is 3.11. The number of H-pyrrole nitrogens is 1. The van der Waals surface area contributed by atoms with Crippen LogP contribution in [0.25, 0.3) is 0 Å². The third-order valence-corrected chi connectivity index (χ3v) is 2.74. The first-order valence-corrected chi connectivity index (χ1v) is 5.19. The standard InChI is InChI=1S/C10H14N4O2/c1-14-9(15)3-2-8(10(14)16)12-5-7-4-11-6-13-7/h4,6,8,12H,2-3,5H2,1H3,(H,11,13). The largest absolute Gasteiger partial charge is 0.347 e. The fourth-order valence-electron chi connectivity index (χ4n) is 1.72. The number of amides is 2. The molecule has 6 nitrogen and oxygen atoms in total. The molecular formula is C10H14N4O2. The number of carbonyl (C=O) groups excluding carboxylic acids is 2. The van der Waals surface area contributed by atoms with Gasteiger partial charge in [-0.25, -0.2) is 4.98 Å². The molecule has 0 bridgehead atoms. The number of imidazole rings is 1. The van der Waals surface area contributed by atoms with Gasteiger partial charge < -0.3 is 10.3 Å². The molecule has 0 spiro atoms. The normalized spacial score (nSPS) is 21.6. The number of aromatic amines is 1. The maximum Gasteiger partial charge on any atom is 0.246 e. The monoisotopic (exact) mass is 222 g/mol. The summed E-state index contributed by atoms with van der Waals surface area (Å²) in [6.07, 6.45) is 4.28. The number of hydrogen-bond donors (Lipinski definition) is 2. The van der Waals surface area contributed by atoms with Crippen molar-refractivity contribution in [2.45, 2.75) is 25.4 Å². The second-order valence-electron chi connectivity index (χ2n) is 3.84. The lowest BCUT2D eigenvalue weighted by Gasteiger charge is -2.28.